The molecule has 1 unspecified atom stereocenters. The molecule has 19 heavy (non-hydrogen) atoms. The Morgan fingerprint density at radius 3 is 2.79 bits per heavy atom. The minimum Gasteiger partial charge on any atom is -0.323 e. The lowest BCUT2D eigenvalue weighted by molar-refractivity contribution is 0.639. The highest BCUT2D eigenvalue weighted by molar-refractivity contribution is 7.05. The van der Waals surface area contributed by atoms with Gasteiger partial charge in [-0.25, -0.2) is 0 Å². The first-order valence-corrected chi connectivity index (χ1v) is 7.44. The van der Waals surface area contributed by atoms with E-state index in [0.717, 1.165) is 34.8 Å². The van der Waals surface area contributed by atoms with Crippen LogP contribution in [-0.4, -0.2) is 19.4 Å². The van der Waals surface area contributed by atoms with Gasteiger partial charge >= 0.3 is 0 Å². The molecule has 0 saturated carbocycles. The van der Waals surface area contributed by atoms with Gasteiger partial charge in [-0.15, -0.1) is 5.10 Å². The van der Waals surface area contributed by atoms with Gasteiger partial charge in [-0.05, 0) is 24.9 Å². The molecular formula is C12H18ClN5S. The van der Waals surface area contributed by atoms with Crippen LogP contribution in [0.4, 0.5) is 0 Å². The van der Waals surface area contributed by atoms with Crippen LogP contribution >= 0.6 is 23.1 Å². The highest BCUT2D eigenvalue weighted by Gasteiger charge is 2.20. The standard InChI is InChI=1S/C12H18ClN5S/c1-4-5-9-12(19-17-15-9)8(14)6-10-11(13)7(2)16-18(10)3/h8H,4-6,14H2,1-3H3. The van der Waals surface area contributed by atoms with E-state index < -0.39 is 0 Å². The zero-order chi connectivity index (χ0) is 14.0. The van der Waals surface area contributed by atoms with Crippen molar-refractivity contribution in [1.29, 1.82) is 0 Å². The summed E-state index contributed by atoms with van der Waals surface area (Å²) in [4.78, 5) is 1.05. The highest BCUT2D eigenvalue weighted by Crippen LogP contribution is 2.27. The average molecular weight is 300 g/mol. The van der Waals surface area contributed by atoms with Crippen LogP contribution in [0.2, 0.25) is 5.02 Å². The van der Waals surface area contributed by atoms with E-state index in [1.54, 1.807) is 4.68 Å². The number of hydrogen-bond acceptors (Lipinski definition) is 5. The van der Waals surface area contributed by atoms with Crippen molar-refractivity contribution in [2.75, 3.05) is 0 Å². The Kier molecular flexibility index (Phi) is 4.54. The summed E-state index contributed by atoms with van der Waals surface area (Å²) in [5.74, 6) is 0. The second-order valence-electron chi connectivity index (χ2n) is 4.61. The van der Waals surface area contributed by atoms with Gasteiger partial charge in [0.1, 0.15) is 0 Å². The Morgan fingerprint density at radius 2 is 2.21 bits per heavy atom. The molecule has 0 amide bonds. The smallest absolute Gasteiger partial charge is 0.0847 e. The number of nitrogens with zero attached hydrogens (tertiary/aromatic N) is 4. The van der Waals surface area contributed by atoms with Gasteiger partial charge in [-0.2, -0.15) is 5.10 Å². The van der Waals surface area contributed by atoms with E-state index in [0.29, 0.717) is 11.4 Å². The van der Waals surface area contributed by atoms with Crippen LogP contribution in [0.5, 0.6) is 0 Å². The first-order chi connectivity index (χ1) is 9.04. The maximum atomic E-state index is 6.28. The average Bonchev–Trinajstić information content (AvgIpc) is 2.91. The van der Waals surface area contributed by atoms with Gasteiger partial charge in [-0.3, -0.25) is 4.68 Å². The van der Waals surface area contributed by atoms with Gasteiger partial charge in [0.2, 0.25) is 0 Å². The van der Waals surface area contributed by atoms with Gasteiger partial charge in [0.05, 0.1) is 27.0 Å². The van der Waals surface area contributed by atoms with Gasteiger partial charge < -0.3 is 5.73 Å². The molecule has 2 rings (SSSR count). The third-order valence-corrected chi connectivity index (χ3v) is 4.47. The molecule has 0 fully saturated rings. The minimum absolute atomic E-state index is 0.131. The van der Waals surface area contributed by atoms with Gasteiger partial charge in [-0.1, -0.05) is 29.4 Å². The van der Waals surface area contributed by atoms with Gasteiger partial charge in [0.15, 0.2) is 0 Å². The number of aryl methyl sites for hydroxylation is 3. The highest BCUT2D eigenvalue weighted by atomic mass is 35.5. The minimum atomic E-state index is -0.131. The summed E-state index contributed by atoms with van der Waals surface area (Å²) in [6.07, 6.45) is 2.60. The summed E-state index contributed by atoms with van der Waals surface area (Å²) in [5.41, 5.74) is 9.09. The first-order valence-electron chi connectivity index (χ1n) is 6.29. The quantitative estimate of drug-likeness (QED) is 0.920. The van der Waals surface area contributed by atoms with E-state index in [1.807, 2.05) is 14.0 Å². The van der Waals surface area contributed by atoms with Crippen molar-refractivity contribution in [2.45, 2.75) is 39.2 Å². The Bertz CT molecular complexity index is 562. The van der Waals surface area contributed by atoms with Crippen molar-refractivity contribution in [1.82, 2.24) is 19.4 Å². The number of halogens is 1. The van der Waals surface area contributed by atoms with E-state index in [1.165, 1.54) is 11.5 Å². The number of rotatable bonds is 5. The summed E-state index contributed by atoms with van der Waals surface area (Å²) in [6.45, 7) is 4.02. The van der Waals surface area contributed by atoms with Crippen LogP contribution in [0.1, 0.15) is 41.3 Å². The Morgan fingerprint density at radius 1 is 1.47 bits per heavy atom. The van der Waals surface area contributed by atoms with Crippen molar-refractivity contribution in [2.24, 2.45) is 12.8 Å². The predicted octanol–water partition coefficient (Wildman–Crippen LogP) is 2.43. The first kappa shape index (κ1) is 14.4. The Hall–Kier alpha value is -0.980. The molecule has 7 heteroatoms. The van der Waals surface area contributed by atoms with Crippen molar-refractivity contribution in [3.05, 3.63) is 27.0 Å². The second kappa shape index (κ2) is 5.98. The summed E-state index contributed by atoms with van der Waals surface area (Å²) in [6, 6.07) is -0.131. The molecule has 0 aliphatic rings. The fourth-order valence-electron chi connectivity index (χ4n) is 2.11. The van der Waals surface area contributed by atoms with Gasteiger partial charge in [0.25, 0.3) is 0 Å². The normalized spacial score (nSPS) is 12.9. The third kappa shape index (κ3) is 2.96. The van der Waals surface area contributed by atoms with Crippen LogP contribution in [0.25, 0.3) is 0 Å². The van der Waals surface area contributed by atoms with Crippen LogP contribution in [-0.2, 0) is 19.9 Å². The molecule has 0 aliphatic carbocycles. The zero-order valence-corrected chi connectivity index (χ0v) is 12.9. The van der Waals surface area contributed by atoms with Crippen molar-refractivity contribution in [3.8, 4) is 0 Å². The monoisotopic (exact) mass is 299 g/mol. The topological polar surface area (TPSA) is 69.6 Å². The third-order valence-electron chi connectivity index (χ3n) is 3.08. The molecule has 0 aliphatic heterocycles. The summed E-state index contributed by atoms with van der Waals surface area (Å²) in [5, 5.41) is 9.16. The Labute approximate surface area is 121 Å². The molecule has 0 spiro atoms. The molecule has 2 aromatic rings. The maximum Gasteiger partial charge on any atom is 0.0847 e. The second-order valence-corrected chi connectivity index (χ2v) is 5.78. The van der Waals surface area contributed by atoms with E-state index in [9.17, 15) is 0 Å². The molecule has 2 N–H and O–H groups in total. The maximum absolute atomic E-state index is 6.28. The zero-order valence-electron chi connectivity index (χ0n) is 11.4. The predicted molar refractivity (Wildman–Crippen MR) is 77.5 cm³/mol. The molecule has 0 saturated heterocycles. The van der Waals surface area contributed by atoms with Crippen LogP contribution in [0.15, 0.2) is 0 Å². The fraction of sp³-hybridized carbons (Fsp3) is 0.583. The number of hydrogen-bond donors (Lipinski definition) is 1. The molecule has 1 atom stereocenters. The molecule has 2 aromatic heterocycles. The largest absolute Gasteiger partial charge is 0.323 e. The lowest BCUT2D eigenvalue weighted by Crippen LogP contribution is -2.16. The molecule has 2 heterocycles. The van der Waals surface area contributed by atoms with Crippen molar-refractivity contribution < 1.29 is 0 Å². The van der Waals surface area contributed by atoms with Crippen LogP contribution < -0.4 is 5.73 Å². The summed E-state index contributed by atoms with van der Waals surface area (Å²) in [7, 11) is 1.89. The number of nitrogens with two attached hydrogens (primary N) is 1. The van der Waals surface area contributed by atoms with Crippen LogP contribution in [0.3, 0.4) is 0 Å². The fourth-order valence-corrected chi connectivity index (χ4v) is 3.04. The summed E-state index contributed by atoms with van der Waals surface area (Å²) < 4.78 is 5.81. The van der Waals surface area contributed by atoms with Crippen molar-refractivity contribution in [3.63, 3.8) is 0 Å². The molecule has 104 valence electrons. The lowest BCUT2D eigenvalue weighted by Gasteiger charge is -2.11. The van der Waals surface area contributed by atoms with Gasteiger partial charge in [0, 0.05) is 19.5 Å². The molecule has 0 aromatic carbocycles. The molecule has 0 radical (unpaired) electrons. The molecule has 5 nitrogen and oxygen atoms in total. The van der Waals surface area contributed by atoms with Crippen molar-refractivity contribution >= 4 is 23.1 Å². The van der Waals surface area contributed by atoms with E-state index in [2.05, 4.69) is 21.6 Å². The lowest BCUT2D eigenvalue weighted by atomic mass is 10.1. The summed E-state index contributed by atoms with van der Waals surface area (Å²) >= 11 is 7.63. The molecular weight excluding hydrogens is 282 g/mol. The molecule has 0 bridgehead atoms. The SMILES string of the molecule is CCCc1nnsc1C(N)Cc1c(Cl)c(C)nn1C. The number of aromatic nitrogens is 4. The Balaban J connectivity index is 2.20. The van der Waals surface area contributed by atoms with Crippen LogP contribution in [0, 0.1) is 6.92 Å². The van der Waals surface area contributed by atoms with E-state index in [-0.39, 0.29) is 6.04 Å². The van der Waals surface area contributed by atoms with E-state index >= 15 is 0 Å². The van der Waals surface area contributed by atoms with E-state index in [4.69, 9.17) is 17.3 Å².